The van der Waals surface area contributed by atoms with Crippen LogP contribution < -0.4 is 10.6 Å². The van der Waals surface area contributed by atoms with Crippen molar-refractivity contribution in [3.05, 3.63) is 0 Å². The SMILES string of the molecule is CN1CCC(NC(=O)CCCN2C(=O)NC3(CCCC3)C2=O)CC1. The number of hydrogen-bond acceptors (Lipinski definition) is 4. The highest BCUT2D eigenvalue weighted by molar-refractivity contribution is 6.07. The van der Waals surface area contributed by atoms with E-state index in [0.29, 0.717) is 19.4 Å². The van der Waals surface area contributed by atoms with E-state index in [2.05, 4.69) is 22.6 Å². The van der Waals surface area contributed by atoms with Gasteiger partial charge in [-0.1, -0.05) is 12.8 Å². The largest absolute Gasteiger partial charge is 0.353 e. The maximum Gasteiger partial charge on any atom is 0.325 e. The molecule has 0 aromatic carbocycles. The van der Waals surface area contributed by atoms with Gasteiger partial charge in [0, 0.05) is 19.0 Å². The van der Waals surface area contributed by atoms with Gasteiger partial charge in [0.15, 0.2) is 0 Å². The van der Waals surface area contributed by atoms with Gasteiger partial charge in [-0.05, 0) is 52.2 Å². The van der Waals surface area contributed by atoms with Crippen molar-refractivity contribution in [2.24, 2.45) is 0 Å². The van der Waals surface area contributed by atoms with Gasteiger partial charge in [0.25, 0.3) is 5.91 Å². The van der Waals surface area contributed by atoms with E-state index in [9.17, 15) is 14.4 Å². The van der Waals surface area contributed by atoms with Crippen LogP contribution in [0.4, 0.5) is 4.79 Å². The van der Waals surface area contributed by atoms with E-state index in [4.69, 9.17) is 0 Å². The van der Waals surface area contributed by atoms with Gasteiger partial charge in [-0.15, -0.1) is 0 Å². The molecule has 2 aliphatic heterocycles. The first kappa shape index (κ1) is 17.2. The third-order valence-electron chi connectivity index (χ3n) is 5.57. The summed E-state index contributed by atoms with van der Waals surface area (Å²) in [5.74, 6) is -0.0760. The fourth-order valence-electron chi connectivity index (χ4n) is 4.05. The van der Waals surface area contributed by atoms with Crippen LogP contribution in [-0.4, -0.2) is 65.9 Å². The number of carbonyl (C=O) groups is 3. The van der Waals surface area contributed by atoms with Crippen LogP contribution in [0.25, 0.3) is 0 Å². The maximum absolute atomic E-state index is 12.5. The zero-order valence-corrected chi connectivity index (χ0v) is 14.5. The summed E-state index contributed by atoms with van der Waals surface area (Å²) in [7, 11) is 2.09. The molecule has 0 unspecified atom stereocenters. The lowest BCUT2D eigenvalue weighted by atomic mass is 9.98. The van der Waals surface area contributed by atoms with Gasteiger partial charge in [-0.3, -0.25) is 14.5 Å². The molecule has 3 rings (SSSR count). The summed E-state index contributed by atoms with van der Waals surface area (Å²) in [6, 6.07) is -0.0372. The number of rotatable bonds is 5. The van der Waals surface area contributed by atoms with Gasteiger partial charge in [0.05, 0.1) is 0 Å². The molecule has 7 heteroatoms. The average molecular weight is 336 g/mol. The lowest BCUT2D eigenvalue weighted by Gasteiger charge is -2.29. The summed E-state index contributed by atoms with van der Waals surface area (Å²) >= 11 is 0. The van der Waals surface area contributed by atoms with Crippen molar-refractivity contribution in [1.82, 2.24) is 20.4 Å². The first-order chi connectivity index (χ1) is 11.5. The normalized spacial score (nSPS) is 24.6. The molecule has 24 heavy (non-hydrogen) atoms. The monoisotopic (exact) mass is 336 g/mol. The van der Waals surface area contributed by atoms with Crippen LogP contribution in [0.3, 0.4) is 0 Å². The molecule has 1 aliphatic carbocycles. The van der Waals surface area contributed by atoms with Crippen molar-refractivity contribution in [3.8, 4) is 0 Å². The second kappa shape index (κ2) is 7.09. The van der Waals surface area contributed by atoms with E-state index in [1.54, 1.807) is 0 Å². The fraction of sp³-hybridized carbons (Fsp3) is 0.824. The van der Waals surface area contributed by atoms with E-state index in [-0.39, 0.29) is 23.9 Å². The van der Waals surface area contributed by atoms with Crippen LogP contribution in [0.15, 0.2) is 0 Å². The molecule has 1 saturated carbocycles. The summed E-state index contributed by atoms with van der Waals surface area (Å²) in [5.41, 5.74) is -0.645. The molecule has 2 heterocycles. The predicted molar refractivity (Wildman–Crippen MR) is 89.3 cm³/mol. The number of piperidine rings is 1. The zero-order chi connectivity index (χ0) is 17.2. The molecule has 0 radical (unpaired) electrons. The Labute approximate surface area is 143 Å². The van der Waals surface area contributed by atoms with E-state index in [1.165, 1.54) is 4.90 Å². The third-order valence-corrected chi connectivity index (χ3v) is 5.57. The topological polar surface area (TPSA) is 81.8 Å². The number of amides is 4. The Morgan fingerprint density at radius 2 is 1.92 bits per heavy atom. The van der Waals surface area contributed by atoms with E-state index >= 15 is 0 Å². The van der Waals surface area contributed by atoms with Crippen LogP contribution in [0.1, 0.15) is 51.4 Å². The van der Waals surface area contributed by atoms with Crippen molar-refractivity contribution in [1.29, 1.82) is 0 Å². The van der Waals surface area contributed by atoms with Crippen LogP contribution in [0.2, 0.25) is 0 Å². The zero-order valence-electron chi connectivity index (χ0n) is 14.5. The molecule has 134 valence electrons. The van der Waals surface area contributed by atoms with Gasteiger partial charge in [0.2, 0.25) is 5.91 Å². The van der Waals surface area contributed by atoms with Crippen molar-refractivity contribution in [2.75, 3.05) is 26.7 Å². The second-order valence-corrected chi connectivity index (χ2v) is 7.42. The smallest absolute Gasteiger partial charge is 0.325 e. The second-order valence-electron chi connectivity index (χ2n) is 7.42. The molecule has 0 bridgehead atoms. The Kier molecular flexibility index (Phi) is 5.08. The summed E-state index contributed by atoms with van der Waals surface area (Å²) in [5, 5.41) is 5.94. The van der Waals surface area contributed by atoms with Gasteiger partial charge < -0.3 is 15.5 Å². The maximum atomic E-state index is 12.5. The van der Waals surface area contributed by atoms with Gasteiger partial charge >= 0.3 is 6.03 Å². The molecule has 3 aliphatic rings. The lowest BCUT2D eigenvalue weighted by molar-refractivity contribution is -0.131. The Morgan fingerprint density at radius 3 is 2.58 bits per heavy atom. The predicted octanol–water partition coefficient (Wildman–Crippen LogP) is 0.842. The fourth-order valence-corrected chi connectivity index (χ4v) is 4.05. The summed E-state index contributed by atoms with van der Waals surface area (Å²) in [6.07, 6.45) is 6.30. The molecule has 0 aromatic heterocycles. The molecule has 4 amide bonds. The minimum Gasteiger partial charge on any atom is -0.353 e. The first-order valence-electron chi connectivity index (χ1n) is 9.12. The van der Waals surface area contributed by atoms with Crippen molar-refractivity contribution in [2.45, 2.75) is 62.9 Å². The van der Waals surface area contributed by atoms with E-state index in [0.717, 1.165) is 51.6 Å². The Morgan fingerprint density at radius 1 is 1.25 bits per heavy atom. The number of urea groups is 1. The van der Waals surface area contributed by atoms with Gasteiger partial charge in [0.1, 0.15) is 5.54 Å². The Hall–Kier alpha value is -1.63. The van der Waals surface area contributed by atoms with E-state index < -0.39 is 5.54 Å². The number of hydrogen-bond donors (Lipinski definition) is 2. The summed E-state index contributed by atoms with van der Waals surface area (Å²) in [4.78, 5) is 40.2. The molecule has 2 N–H and O–H groups in total. The highest BCUT2D eigenvalue weighted by Gasteiger charge is 2.52. The molecule has 2 saturated heterocycles. The molecule has 0 atom stereocenters. The highest BCUT2D eigenvalue weighted by atomic mass is 16.2. The Balaban J connectivity index is 1.40. The van der Waals surface area contributed by atoms with Crippen LogP contribution in [0, 0.1) is 0 Å². The van der Waals surface area contributed by atoms with Crippen LogP contribution in [0.5, 0.6) is 0 Å². The highest BCUT2D eigenvalue weighted by Crippen LogP contribution is 2.35. The Bertz CT molecular complexity index is 508. The molecular formula is C17H28N4O3. The minimum absolute atomic E-state index is 0.0205. The molecular weight excluding hydrogens is 308 g/mol. The van der Waals surface area contributed by atoms with Crippen LogP contribution in [-0.2, 0) is 9.59 Å². The van der Waals surface area contributed by atoms with Crippen molar-refractivity contribution in [3.63, 3.8) is 0 Å². The molecule has 0 aromatic rings. The number of imide groups is 1. The van der Waals surface area contributed by atoms with Gasteiger partial charge in [-0.2, -0.15) is 0 Å². The summed E-state index contributed by atoms with van der Waals surface area (Å²) < 4.78 is 0. The first-order valence-corrected chi connectivity index (χ1v) is 9.12. The lowest BCUT2D eigenvalue weighted by Crippen LogP contribution is -2.44. The summed E-state index contributed by atoms with van der Waals surface area (Å²) in [6.45, 7) is 2.35. The number of nitrogens with one attached hydrogen (secondary N) is 2. The average Bonchev–Trinajstić information content (AvgIpc) is 3.10. The number of nitrogens with zero attached hydrogens (tertiary/aromatic N) is 2. The number of likely N-dealkylation sites (tertiary alicyclic amines) is 1. The third kappa shape index (κ3) is 3.55. The minimum atomic E-state index is -0.645. The quantitative estimate of drug-likeness (QED) is 0.729. The van der Waals surface area contributed by atoms with Crippen molar-refractivity contribution < 1.29 is 14.4 Å². The molecule has 1 spiro atoms. The molecule has 3 fully saturated rings. The van der Waals surface area contributed by atoms with Crippen LogP contribution >= 0.6 is 0 Å². The van der Waals surface area contributed by atoms with Crippen molar-refractivity contribution >= 4 is 17.8 Å². The number of carbonyl (C=O) groups excluding carboxylic acids is 3. The standard InChI is InChI=1S/C17H28N4O3/c1-20-11-6-13(7-12-20)18-14(22)5-4-10-21-15(23)17(19-16(21)24)8-2-3-9-17/h13H,2-12H2,1H3,(H,18,22)(H,19,24). The van der Waals surface area contributed by atoms with Gasteiger partial charge in [-0.25, -0.2) is 4.79 Å². The molecule has 7 nitrogen and oxygen atoms in total. The van der Waals surface area contributed by atoms with E-state index in [1.807, 2.05) is 0 Å².